The number of rotatable bonds is 7. The van der Waals surface area contributed by atoms with Crippen molar-refractivity contribution in [2.24, 2.45) is 5.41 Å². The Labute approximate surface area is 113 Å². The second kappa shape index (κ2) is 6.17. The molecule has 0 atom stereocenters. The maximum absolute atomic E-state index is 11.6. The first kappa shape index (κ1) is 14.0. The van der Waals surface area contributed by atoms with Gasteiger partial charge < -0.3 is 14.6 Å². The molecule has 0 amide bonds. The first-order chi connectivity index (χ1) is 9.18. The Hall–Kier alpha value is -1.39. The number of aliphatic carboxylic acids is 1. The average Bonchev–Trinajstić information content (AvgIpc) is 2.78. The van der Waals surface area contributed by atoms with Crippen LogP contribution >= 0.6 is 0 Å². The number of carboxylic acid groups (broad SMARTS) is 1. The van der Waals surface area contributed by atoms with Crippen LogP contribution in [0.2, 0.25) is 0 Å². The molecule has 1 aromatic carbocycles. The summed E-state index contributed by atoms with van der Waals surface area (Å²) in [4.78, 5) is 11.6. The number of ether oxygens (including phenoxy) is 2. The number of benzene rings is 1. The lowest BCUT2D eigenvalue weighted by Gasteiger charge is -2.23. The summed E-state index contributed by atoms with van der Waals surface area (Å²) >= 11 is 0. The summed E-state index contributed by atoms with van der Waals surface area (Å²) in [6.45, 7) is 1.52. The quantitative estimate of drug-likeness (QED) is 0.764. The summed E-state index contributed by atoms with van der Waals surface area (Å²) < 4.78 is 10.3. The Morgan fingerprint density at radius 1 is 1.21 bits per heavy atom. The molecule has 1 aromatic rings. The lowest BCUT2D eigenvalue weighted by Crippen LogP contribution is -2.33. The standard InChI is InChI=1S/C15H20O4/c1-18-8-9-19-7-6-15(14(16)17)10-12-4-2-3-5-13(12)11-15/h2-5H,6-11H2,1H3,(H,16,17). The van der Waals surface area contributed by atoms with Crippen molar-refractivity contribution in [2.75, 3.05) is 26.9 Å². The molecule has 2 rings (SSSR count). The van der Waals surface area contributed by atoms with Crippen LogP contribution in [0.15, 0.2) is 24.3 Å². The second-order valence-electron chi connectivity index (χ2n) is 5.06. The van der Waals surface area contributed by atoms with Gasteiger partial charge in [-0.05, 0) is 30.4 Å². The molecule has 0 heterocycles. The molecular formula is C15H20O4. The van der Waals surface area contributed by atoms with Crippen LogP contribution in [0.4, 0.5) is 0 Å². The van der Waals surface area contributed by atoms with Gasteiger partial charge in [0.25, 0.3) is 0 Å². The van der Waals surface area contributed by atoms with Gasteiger partial charge in [-0.2, -0.15) is 0 Å². The SMILES string of the molecule is COCCOCCC1(C(=O)O)Cc2ccccc2C1. The molecule has 0 spiro atoms. The summed E-state index contributed by atoms with van der Waals surface area (Å²) in [7, 11) is 1.62. The number of hydrogen-bond donors (Lipinski definition) is 1. The number of methoxy groups -OCH3 is 1. The topological polar surface area (TPSA) is 55.8 Å². The van der Waals surface area contributed by atoms with Crippen molar-refractivity contribution in [3.8, 4) is 0 Å². The smallest absolute Gasteiger partial charge is 0.310 e. The lowest BCUT2D eigenvalue weighted by molar-refractivity contribution is -0.149. The van der Waals surface area contributed by atoms with Gasteiger partial charge in [0.15, 0.2) is 0 Å². The largest absolute Gasteiger partial charge is 0.481 e. The minimum Gasteiger partial charge on any atom is -0.481 e. The van der Waals surface area contributed by atoms with Gasteiger partial charge in [-0.15, -0.1) is 0 Å². The van der Waals surface area contributed by atoms with Gasteiger partial charge in [-0.1, -0.05) is 24.3 Å². The maximum Gasteiger partial charge on any atom is 0.310 e. The lowest BCUT2D eigenvalue weighted by atomic mass is 9.82. The van der Waals surface area contributed by atoms with E-state index in [4.69, 9.17) is 9.47 Å². The van der Waals surface area contributed by atoms with E-state index in [0.29, 0.717) is 39.1 Å². The van der Waals surface area contributed by atoms with Crippen molar-refractivity contribution >= 4 is 5.97 Å². The van der Waals surface area contributed by atoms with E-state index >= 15 is 0 Å². The zero-order chi connectivity index (χ0) is 13.7. The van der Waals surface area contributed by atoms with Crippen LogP contribution in [0.3, 0.4) is 0 Å². The molecule has 0 saturated carbocycles. The number of carbonyl (C=O) groups is 1. The van der Waals surface area contributed by atoms with Crippen LogP contribution in [0, 0.1) is 5.41 Å². The summed E-state index contributed by atoms with van der Waals surface area (Å²) in [6.07, 6.45) is 1.75. The van der Waals surface area contributed by atoms with E-state index in [9.17, 15) is 9.90 Å². The van der Waals surface area contributed by atoms with Gasteiger partial charge in [-0.25, -0.2) is 0 Å². The fraction of sp³-hybridized carbons (Fsp3) is 0.533. The zero-order valence-corrected chi connectivity index (χ0v) is 11.2. The molecule has 0 aliphatic heterocycles. The molecule has 0 saturated heterocycles. The van der Waals surface area contributed by atoms with Crippen molar-refractivity contribution in [3.05, 3.63) is 35.4 Å². The Morgan fingerprint density at radius 3 is 2.37 bits per heavy atom. The molecule has 1 N–H and O–H groups in total. The van der Waals surface area contributed by atoms with Crippen LogP contribution in [0.5, 0.6) is 0 Å². The molecular weight excluding hydrogens is 244 g/mol. The predicted octanol–water partition coefficient (Wildman–Crippen LogP) is 1.91. The minimum atomic E-state index is -0.723. The maximum atomic E-state index is 11.6. The van der Waals surface area contributed by atoms with E-state index in [1.54, 1.807) is 7.11 Å². The highest BCUT2D eigenvalue weighted by atomic mass is 16.5. The Morgan fingerprint density at radius 2 is 1.84 bits per heavy atom. The number of carboxylic acids is 1. The Kier molecular flexibility index (Phi) is 4.56. The third-order valence-corrected chi connectivity index (χ3v) is 3.79. The highest BCUT2D eigenvalue weighted by Gasteiger charge is 2.43. The van der Waals surface area contributed by atoms with Gasteiger partial charge in [0.05, 0.1) is 18.6 Å². The summed E-state index contributed by atoms with van der Waals surface area (Å²) in [5.74, 6) is -0.723. The average molecular weight is 264 g/mol. The van der Waals surface area contributed by atoms with Crippen molar-refractivity contribution in [1.29, 1.82) is 0 Å². The molecule has 104 valence electrons. The molecule has 1 aliphatic rings. The van der Waals surface area contributed by atoms with E-state index in [-0.39, 0.29) is 0 Å². The van der Waals surface area contributed by atoms with E-state index in [0.717, 1.165) is 11.1 Å². The Bertz CT molecular complexity index is 417. The van der Waals surface area contributed by atoms with Gasteiger partial charge in [0.1, 0.15) is 0 Å². The third kappa shape index (κ3) is 3.14. The van der Waals surface area contributed by atoms with Gasteiger partial charge in [0.2, 0.25) is 0 Å². The molecule has 1 aliphatic carbocycles. The fourth-order valence-corrected chi connectivity index (χ4v) is 2.64. The molecule has 0 unspecified atom stereocenters. The number of fused-ring (bicyclic) bond motifs is 1. The van der Waals surface area contributed by atoms with Crippen molar-refractivity contribution in [2.45, 2.75) is 19.3 Å². The predicted molar refractivity (Wildman–Crippen MR) is 71.2 cm³/mol. The van der Waals surface area contributed by atoms with E-state index in [1.165, 1.54) is 0 Å². The van der Waals surface area contributed by atoms with Gasteiger partial charge in [0, 0.05) is 13.7 Å². The first-order valence-electron chi connectivity index (χ1n) is 6.55. The summed E-state index contributed by atoms with van der Waals surface area (Å²) in [6, 6.07) is 7.97. The summed E-state index contributed by atoms with van der Waals surface area (Å²) in [5, 5.41) is 9.56. The molecule has 4 nitrogen and oxygen atoms in total. The zero-order valence-electron chi connectivity index (χ0n) is 11.2. The molecule has 19 heavy (non-hydrogen) atoms. The van der Waals surface area contributed by atoms with Crippen LogP contribution < -0.4 is 0 Å². The molecule has 0 radical (unpaired) electrons. The monoisotopic (exact) mass is 264 g/mol. The molecule has 0 bridgehead atoms. The second-order valence-corrected chi connectivity index (χ2v) is 5.06. The molecule has 0 aromatic heterocycles. The summed E-state index contributed by atoms with van der Waals surface area (Å²) in [5.41, 5.74) is 1.61. The molecule has 4 heteroatoms. The molecule has 0 fully saturated rings. The van der Waals surface area contributed by atoms with E-state index in [1.807, 2.05) is 24.3 Å². The number of hydrogen-bond acceptors (Lipinski definition) is 3. The van der Waals surface area contributed by atoms with Crippen molar-refractivity contribution < 1.29 is 19.4 Å². The van der Waals surface area contributed by atoms with Crippen molar-refractivity contribution in [1.82, 2.24) is 0 Å². The van der Waals surface area contributed by atoms with Crippen LogP contribution in [0.1, 0.15) is 17.5 Å². The van der Waals surface area contributed by atoms with E-state index < -0.39 is 11.4 Å². The third-order valence-electron chi connectivity index (χ3n) is 3.79. The highest BCUT2D eigenvalue weighted by Crippen LogP contribution is 2.39. The minimum absolute atomic E-state index is 0.462. The van der Waals surface area contributed by atoms with Crippen molar-refractivity contribution in [3.63, 3.8) is 0 Å². The van der Waals surface area contributed by atoms with Gasteiger partial charge in [-0.3, -0.25) is 4.79 Å². The van der Waals surface area contributed by atoms with E-state index in [2.05, 4.69) is 0 Å². The highest BCUT2D eigenvalue weighted by molar-refractivity contribution is 5.77. The van der Waals surface area contributed by atoms with Crippen LogP contribution in [-0.2, 0) is 27.1 Å². The fourth-order valence-electron chi connectivity index (χ4n) is 2.64. The van der Waals surface area contributed by atoms with Crippen LogP contribution in [-0.4, -0.2) is 38.0 Å². The Balaban J connectivity index is 1.96. The van der Waals surface area contributed by atoms with Crippen LogP contribution in [0.25, 0.3) is 0 Å². The first-order valence-corrected chi connectivity index (χ1v) is 6.55. The normalized spacial score (nSPS) is 16.3. The van der Waals surface area contributed by atoms with Gasteiger partial charge >= 0.3 is 5.97 Å².